The van der Waals surface area contributed by atoms with Crippen LogP contribution >= 0.6 is 0 Å². The summed E-state index contributed by atoms with van der Waals surface area (Å²) in [7, 11) is 0. The summed E-state index contributed by atoms with van der Waals surface area (Å²) in [5.74, 6) is -2.87. The Hall–Kier alpha value is -2.50. The van der Waals surface area contributed by atoms with E-state index in [4.69, 9.17) is 9.15 Å². The van der Waals surface area contributed by atoms with E-state index in [0.717, 1.165) is 12.1 Å². The number of rotatable bonds is 1. The number of carbonyl (C=O) groups is 1. The summed E-state index contributed by atoms with van der Waals surface area (Å²) in [4.78, 5) is 23.7. The maximum Gasteiger partial charge on any atom is 0.343 e. The topological polar surface area (TPSA) is 56.5 Å². The number of halogens is 2. The summed E-state index contributed by atoms with van der Waals surface area (Å²) in [6, 6.07) is 4.70. The fourth-order valence-corrected chi connectivity index (χ4v) is 2.44. The number of esters is 1. The van der Waals surface area contributed by atoms with Crippen LogP contribution in [0.25, 0.3) is 0 Å². The molecule has 1 aromatic heterocycles. The van der Waals surface area contributed by atoms with Crippen LogP contribution in [-0.4, -0.2) is 5.97 Å². The summed E-state index contributed by atoms with van der Waals surface area (Å²) >= 11 is 0. The molecule has 0 fully saturated rings. The molecule has 4 nitrogen and oxygen atoms in total. The number of benzene rings is 1. The van der Waals surface area contributed by atoms with Crippen molar-refractivity contribution in [2.75, 3.05) is 0 Å². The van der Waals surface area contributed by atoms with Gasteiger partial charge in [-0.05, 0) is 24.6 Å². The van der Waals surface area contributed by atoms with Gasteiger partial charge in [0.15, 0.2) is 11.6 Å². The Morgan fingerprint density at radius 1 is 1.14 bits per heavy atom. The molecule has 0 bridgehead atoms. The lowest BCUT2D eigenvalue weighted by Crippen LogP contribution is -2.26. The van der Waals surface area contributed by atoms with Gasteiger partial charge in [-0.25, -0.2) is 13.6 Å². The molecule has 1 aliphatic rings. The molecule has 0 spiro atoms. The summed E-state index contributed by atoms with van der Waals surface area (Å²) in [5, 5.41) is 0. The molecule has 21 heavy (non-hydrogen) atoms. The molecule has 0 amide bonds. The fourth-order valence-electron chi connectivity index (χ4n) is 2.44. The molecule has 1 aliphatic heterocycles. The number of aryl methyl sites for hydroxylation is 1. The first kappa shape index (κ1) is 13.5. The van der Waals surface area contributed by atoms with Crippen molar-refractivity contribution in [1.29, 1.82) is 0 Å². The normalized spacial score (nSPS) is 17.3. The highest BCUT2D eigenvalue weighted by molar-refractivity contribution is 5.77. The Morgan fingerprint density at radius 3 is 2.62 bits per heavy atom. The molecule has 0 radical (unpaired) electrons. The Bertz CT molecular complexity index is 795. The maximum atomic E-state index is 13.4. The number of hydrogen-bond acceptors (Lipinski definition) is 4. The molecule has 1 atom stereocenters. The van der Waals surface area contributed by atoms with Crippen LogP contribution in [0.15, 0.2) is 33.5 Å². The predicted octanol–water partition coefficient (Wildman–Crippen LogP) is 2.67. The Kier molecular flexibility index (Phi) is 3.08. The highest BCUT2D eigenvalue weighted by Crippen LogP contribution is 2.37. The van der Waals surface area contributed by atoms with Gasteiger partial charge in [0.25, 0.3) is 0 Å². The molecule has 3 rings (SSSR count). The summed E-state index contributed by atoms with van der Waals surface area (Å²) in [6.07, 6.45) is -0.133. The van der Waals surface area contributed by atoms with Crippen LogP contribution in [0.5, 0.6) is 5.75 Å². The van der Waals surface area contributed by atoms with E-state index in [1.54, 1.807) is 6.92 Å². The molecule has 6 heteroatoms. The fraction of sp³-hybridized carbons (Fsp3) is 0.200. The lowest BCUT2D eigenvalue weighted by atomic mass is 9.87. The van der Waals surface area contributed by atoms with Crippen molar-refractivity contribution < 1.29 is 22.7 Å². The van der Waals surface area contributed by atoms with Crippen LogP contribution in [0.2, 0.25) is 0 Å². The molecular weight excluding hydrogens is 282 g/mol. The molecule has 2 aromatic rings. The minimum absolute atomic E-state index is 0.106. The van der Waals surface area contributed by atoms with Gasteiger partial charge < -0.3 is 9.15 Å². The van der Waals surface area contributed by atoms with Crippen LogP contribution in [0, 0.1) is 18.6 Å². The van der Waals surface area contributed by atoms with E-state index in [1.807, 2.05) is 0 Å². The Balaban J connectivity index is 2.19. The predicted molar refractivity (Wildman–Crippen MR) is 68.2 cm³/mol. The summed E-state index contributed by atoms with van der Waals surface area (Å²) in [5.41, 5.74) is -0.179. The first-order valence-corrected chi connectivity index (χ1v) is 6.26. The zero-order valence-electron chi connectivity index (χ0n) is 11.0. The minimum Gasteiger partial charge on any atom is -0.428 e. The number of carbonyl (C=O) groups excluding carboxylic acids is 1. The number of fused-ring (bicyclic) bond motifs is 1. The molecule has 1 aromatic carbocycles. The van der Waals surface area contributed by atoms with Crippen molar-refractivity contribution in [3.8, 4) is 5.75 Å². The second-order valence-corrected chi connectivity index (χ2v) is 4.83. The van der Waals surface area contributed by atoms with Gasteiger partial charge in [0.05, 0.1) is 12.0 Å². The van der Waals surface area contributed by atoms with Crippen molar-refractivity contribution in [1.82, 2.24) is 0 Å². The van der Waals surface area contributed by atoms with Crippen molar-refractivity contribution in [3.63, 3.8) is 0 Å². The SMILES string of the molecule is Cc1cc2c(c(=O)o1)[C@H](c1ccc(F)c(F)c1)CC(=O)O2. The van der Waals surface area contributed by atoms with Gasteiger partial charge in [0, 0.05) is 12.0 Å². The highest BCUT2D eigenvalue weighted by Gasteiger charge is 2.32. The van der Waals surface area contributed by atoms with E-state index in [2.05, 4.69) is 0 Å². The third-order valence-corrected chi connectivity index (χ3v) is 3.36. The van der Waals surface area contributed by atoms with Crippen LogP contribution in [0.4, 0.5) is 8.78 Å². The van der Waals surface area contributed by atoms with Crippen LogP contribution in [0.1, 0.15) is 29.2 Å². The van der Waals surface area contributed by atoms with Gasteiger partial charge in [0.1, 0.15) is 11.5 Å². The van der Waals surface area contributed by atoms with Crippen molar-refractivity contribution in [2.45, 2.75) is 19.3 Å². The molecular formula is C15H10F2O4. The van der Waals surface area contributed by atoms with Gasteiger partial charge in [0.2, 0.25) is 0 Å². The molecule has 0 saturated carbocycles. The highest BCUT2D eigenvalue weighted by atomic mass is 19.2. The zero-order valence-corrected chi connectivity index (χ0v) is 11.0. The molecule has 108 valence electrons. The van der Waals surface area contributed by atoms with Gasteiger partial charge in [-0.1, -0.05) is 6.07 Å². The van der Waals surface area contributed by atoms with Gasteiger partial charge in [-0.2, -0.15) is 0 Å². The second-order valence-electron chi connectivity index (χ2n) is 4.83. The van der Waals surface area contributed by atoms with Crippen LogP contribution in [-0.2, 0) is 4.79 Å². The van der Waals surface area contributed by atoms with E-state index < -0.39 is 29.1 Å². The molecule has 0 saturated heterocycles. The standard InChI is InChI=1S/C15H10F2O4/c1-7-4-12-14(15(19)20-7)9(6-13(18)21-12)8-2-3-10(16)11(17)5-8/h2-5,9H,6H2,1H3/t9-/m0/s1. The van der Waals surface area contributed by atoms with E-state index in [0.29, 0.717) is 11.3 Å². The lowest BCUT2D eigenvalue weighted by molar-refractivity contribution is -0.135. The van der Waals surface area contributed by atoms with Crippen LogP contribution in [0.3, 0.4) is 0 Å². The zero-order chi connectivity index (χ0) is 15.1. The van der Waals surface area contributed by atoms with Gasteiger partial charge in [-0.3, -0.25) is 4.79 Å². The Morgan fingerprint density at radius 2 is 1.90 bits per heavy atom. The van der Waals surface area contributed by atoms with E-state index in [9.17, 15) is 18.4 Å². The molecule has 2 heterocycles. The second kappa shape index (κ2) is 4.80. The maximum absolute atomic E-state index is 13.4. The lowest BCUT2D eigenvalue weighted by Gasteiger charge is -2.23. The van der Waals surface area contributed by atoms with Gasteiger partial charge in [-0.15, -0.1) is 0 Å². The van der Waals surface area contributed by atoms with E-state index in [-0.39, 0.29) is 17.7 Å². The average Bonchev–Trinajstić information content (AvgIpc) is 2.40. The summed E-state index contributed by atoms with van der Waals surface area (Å²) < 4.78 is 36.4. The molecule has 0 N–H and O–H groups in total. The molecule has 0 unspecified atom stereocenters. The van der Waals surface area contributed by atoms with Gasteiger partial charge >= 0.3 is 11.6 Å². The third kappa shape index (κ3) is 2.33. The van der Waals surface area contributed by atoms with E-state index >= 15 is 0 Å². The van der Waals surface area contributed by atoms with Crippen molar-refractivity contribution in [2.24, 2.45) is 0 Å². The minimum atomic E-state index is -1.04. The first-order chi connectivity index (χ1) is 9.95. The van der Waals surface area contributed by atoms with Crippen LogP contribution < -0.4 is 10.4 Å². The first-order valence-electron chi connectivity index (χ1n) is 6.26. The number of hydrogen-bond donors (Lipinski definition) is 0. The van der Waals surface area contributed by atoms with E-state index in [1.165, 1.54) is 12.1 Å². The van der Waals surface area contributed by atoms with Crippen molar-refractivity contribution in [3.05, 3.63) is 63.2 Å². The van der Waals surface area contributed by atoms with Crippen molar-refractivity contribution >= 4 is 5.97 Å². The largest absolute Gasteiger partial charge is 0.428 e. The third-order valence-electron chi connectivity index (χ3n) is 3.36. The summed E-state index contributed by atoms with van der Waals surface area (Å²) in [6.45, 7) is 1.55. The smallest absolute Gasteiger partial charge is 0.343 e. The molecule has 0 aliphatic carbocycles. The number of ether oxygens (including phenoxy) is 1. The monoisotopic (exact) mass is 292 g/mol. The average molecular weight is 292 g/mol. The Labute approximate surface area is 118 Å². The quantitative estimate of drug-likeness (QED) is 0.758.